The zero-order valence-corrected chi connectivity index (χ0v) is 13.0. The first-order chi connectivity index (χ1) is 10.2. The molecule has 0 aliphatic heterocycles. The first kappa shape index (κ1) is 13.7. The maximum absolute atomic E-state index is 5.99. The molecule has 0 amide bonds. The molecule has 0 fully saturated rings. The first-order valence-corrected chi connectivity index (χ1v) is 7.21. The van der Waals surface area contributed by atoms with E-state index in [9.17, 15) is 0 Å². The van der Waals surface area contributed by atoms with Crippen molar-refractivity contribution in [2.45, 2.75) is 0 Å². The molecule has 0 radical (unpaired) electrons. The Kier molecular flexibility index (Phi) is 3.66. The normalized spacial score (nSPS) is 10.6. The van der Waals surface area contributed by atoms with Crippen LogP contribution >= 0.6 is 15.9 Å². The maximum atomic E-state index is 5.99. The van der Waals surface area contributed by atoms with Crippen molar-refractivity contribution in [1.29, 1.82) is 0 Å². The van der Waals surface area contributed by atoms with Gasteiger partial charge in [0.25, 0.3) is 0 Å². The Morgan fingerprint density at radius 3 is 2.71 bits per heavy atom. The van der Waals surface area contributed by atoms with E-state index in [0.717, 1.165) is 21.4 Å². The molecule has 0 saturated carbocycles. The van der Waals surface area contributed by atoms with Gasteiger partial charge in [-0.25, -0.2) is 4.98 Å². The van der Waals surface area contributed by atoms with Crippen LogP contribution < -0.4 is 10.5 Å². The topological polar surface area (TPSA) is 53.1 Å². The van der Waals surface area contributed by atoms with Gasteiger partial charge in [-0.3, -0.25) is 4.57 Å². The van der Waals surface area contributed by atoms with Gasteiger partial charge in [-0.2, -0.15) is 0 Å². The fourth-order valence-electron chi connectivity index (χ4n) is 2.24. The number of rotatable bonds is 3. The number of nitrogens with zero attached hydrogens (tertiary/aromatic N) is 2. The molecule has 5 heteroatoms. The molecule has 4 nitrogen and oxygen atoms in total. The molecule has 2 aromatic carbocycles. The van der Waals surface area contributed by atoms with Gasteiger partial charge in [0.05, 0.1) is 31.0 Å². The summed E-state index contributed by atoms with van der Waals surface area (Å²) in [5, 5.41) is 0. The van der Waals surface area contributed by atoms with Crippen molar-refractivity contribution in [2.24, 2.45) is 0 Å². The number of halogens is 1. The van der Waals surface area contributed by atoms with Gasteiger partial charge >= 0.3 is 0 Å². The van der Waals surface area contributed by atoms with Gasteiger partial charge in [-0.1, -0.05) is 34.1 Å². The molecular weight excluding hydrogens is 330 g/mol. The lowest BCUT2D eigenvalue weighted by atomic mass is 10.1. The number of nitrogens with two attached hydrogens (primary N) is 1. The van der Waals surface area contributed by atoms with Crippen LogP contribution in [0.3, 0.4) is 0 Å². The van der Waals surface area contributed by atoms with Crippen LogP contribution in [0.2, 0.25) is 0 Å². The molecule has 2 N–H and O–H groups in total. The van der Waals surface area contributed by atoms with Crippen LogP contribution in [0.4, 0.5) is 5.69 Å². The average molecular weight is 344 g/mol. The van der Waals surface area contributed by atoms with E-state index >= 15 is 0 Å². The lowest BCUT2D eigenvalue weighted by molar-refractivity contribution is 0.417. The molecule has 0 spiro atoms. The predicted octanol–water partition coefficient (Wildman–Crippen LogP) is 3.89. The zero-order chi connectivity index (χ0) is 14.8. The summed E-state index contributed by atoms with van der Waals surface area (Å²) in [6.07, 6.45) is 3.61. The molecule has 0 aliphatic carbocycles. The van der Waals surface area contributed by atoms with E-state index in [1.807, 2.05) is 53.2 Å². The Hall–Kier alpha value is -2.27. The molecule has 1 aromatic heterocycles. The average Bonchev–Trinajstić information content (AvgIpc) is 2.97. The highest BCUT2D eigenvalue weighted by molar-refractivity contribution is 9.10. The summed E-state index contributed by atoms with van der Waals surface area (Å²) in [4.78, 5) is 4.26. The highest BCUT2D eigenvalue weighted by atomic mass is 79.9. The Morgan fingerprint density at radius 2 is 2.00 bits per heavy atom. The predicted molar refractivity (Wildman–Crippen MR) is 87.7 cm³/mol. The summed E-state index contributed by atoms with van der Waals surface area (Å²) >= 11 is 3.58. The lowest BCUT2D eigenvalue weighted by Gasteiger charge is -2.12. The van der Waals surface area contributed by atoms with Crippen LogP contribution in [0.15, 0.2) is 59.5 Å². The van der Waals surface area contributed by atoms with Crippen molar-refractivity contribution < 1.29 is 4.74 Å². The van der Waals surface area contributed by atoms with Crippen LogP contribution in [-0.2, 0) is 0 Å². The minimum absolute atomic E-state index is 0.599. The molecule has 21 heavy (non-hydrogen) atoms. The van der Waals surface area contributed by atoms with E-state index in [0.29, 0.717) is 11.4 Å². The van der Waals surface area contributed by atoms with Gasteiger partial charge < -0.3 is 10.5 Å². The quantitative estimate of drug-likeness (QED) is 0.734. The van der Waals surface area contributed by atoms with E-state index in [1.54, 1.807) is 13.4 Å². The van der Waals surface area contributed by atoms with E-state index in [2.05, 4.69) is 20.9 Å². The second-order valence-corrected chi connectivity index (χ2v) is 5.41. The van der Waals surface area contributed by atoms with E-state index in [4.69, 9.17) is 10.5 Å². The molecule has 106 valence electrons. The fraction of sp³-hybridized carbons (Fsp3) is 0.0625. The van der Waals surface area contributed by atoms with Crippen LogP contribution in [0.5, 0.6) is 5.75 Å². The molecule has 0 saturated heterocycles. The third kappa shape index (κ3) is 2.52. The van der Waals surface area contributed by atoms with Gasteiger partial charge in [-0.05, 0) is 24.3 Å². The summed E-state index contributed by atoms with van der Waals surface area (Å²) in [5.41, 5.74) is 9.59. The molecule has 1 heterocycles. The van der Waals surface area contributed by atoms with Crippen molar-refractivity contribution in [3.8, 4) is 22.7 Å². The summed E-state index contributed by atoms with van der Waals surface area (Å²) in [6, 6.07) is 13.7. The number of methoxy groups -OCH3 is 1. The summed E-state index contributed by atoms with van der Waals surface area (Å²) < 4.78 is 8.21. The van der Waals surface area contributed by atoms with Crippen LogP contribution in [0, 0.1) is 0 Å². The van der Waals surface area contributed by atoms with Gasteiger partial charge in [0.1, 0.15) is 5.75 Å². The third-order valence-electron chi connectivity index (χ3n) is 3.28. The molecule has 3 aromatic rings. The van der Waals surface area contributed by atoms with Crippen molar-refractivity contribution >= 4 is 21.6 Å². The monoisotopic (exact) mass is 343 g/mol. The second-order valence-electron chi connectivity index (χ2n) is 4.55. The van der Waals surface area contributed by atoms with Gasteiger partial charge in [0, 0.05) is 15.7 Å². The summed E-state index contributed by atoms with van der Waals surface area (Å²) in [7, 11) is 1.61. The first-order valence-electron chi connectivity index (χ1n) is 6.42. The highest BCUT2D eigenvalue weighted by Crippen LogP contribution is 2.31. The molecule has 0 atom stereocenters. The largest absolute Gasteiger partial charge is 0.495 e. The second kappa shape index (κ2) is 5.61. The summed E-state index contributed by atoms with van der Waals surface area (Å²) in [5.74, 6) is 0.668. The number of benzene rings is 2. The van der Waals surface area contributed by atoms with E-state index in [1.165, 1.54) is 0 Å². The number of nitrogen functional groups attached to an aromatic ring is 1. The van der Waals surface area contributed by atoms with Crippen LogP contribution in [0.25, 0.3) is 16.9 Å². The van der Waals surface area contributed by atoms with Crippen molar-refractivity contribution in [1.82, 2.24) is 9.55 Å². The number of imidazole rings is 1. The summed E-state index contributed by atoms with van der Waals surface area (Å²) in [6.45, 7) is 0. The smallest absolute Gasteiger partial charge is 0.141 e. The maximum Gasteiger partial charge on any atom is 0.141 e. The van der Waals surface area contributed by atoms with Crippen molar-refractivity contribution in [2.75, 3.05) is 12.8 Å². The van der Waals surface area contributed by atoms with Gasteiger partial charge in [0.2, 0.25) is 0 Å². The molecule has 3 rings (SSSR count). The zero-order valence-electron chi connectivity index (χ0n) is 11.5. The molecular formula is C16H14BrN3O. The SMILES string of the molecule is COc1ccc(-n2cncc2-c2ccccc2Br)cc1N. The Morgan fingerprint density at radius 1 is 1.19 bits per heavy atom. The number of aromatic nitrogens is 2. The number of hydrogen-bond donors (Lipinski definition) is 1. The lowest BCUT2D eigenvalue weighted by Crippen LogP contribution is -1.99. The van der Waals surface area contributed by atoms with Crippen LogP contribution in [0.1, 0.15) is 0 Å². The van der Waals surface area contributed by atoms with E-state index in [-0.39, 0.29) is 0 Å². The molecule has 0 unspecified atom stereocenters. The van der Waals surface area contributed by atoms with Crippen molar-refractivity contribution in [3.05, 3.63) is 59.5 Å². The number of anilines is 1. The minimum atomic E-state index is 0.599. The van der Waals surface area contributed by atoms with Crippen LogP contribution in [-0.4, -0.2) is 16.7 Å². The van der Waals surface area contributed by atoms with Gasteiger partial charge in [0.15, 0.2) is 0 Å². The van der Waals surface area contributed by atoms with Crippen molar-refractivity contribution in [3.63, 3.8) is 0 Å². The Bertz CT molecular complexity index is 783. The standard InChI is InChI=1S/C16H14BrN3O/c1-21-16-7-6-11(8-14(16)18)20-10-19-9-15(20)12-4-2-3-5-13(12)17/h2-10H,18H2,1H3. The Balaban J connectivity index is 2.11. The third-order valence-corrected chi connectivity index (χ3v) is 3.97. The molecule has 0 bridgehead atoms. The molecule has 0 aliphatic rings. The van der Waals surface area contributed by atoms with Gasteiger partial charge in [-0.15, -0.1) is 0 Å². The number of ether oxygens (including phenoxy) is 1. The van der Waals surface area contributed by atoms with E-state index < -0.39 is 0 Å². The number of hydrogen-bond acceptors (Lipinski definition) is 3. The minimum Gasteiger partial charge on any atom is -0.495 e. The fourth-order valence-corrected chi connectivity index (χ4v) is 2.73. The Labute approximate surface area is 131 Å². The highest BCUT2D eigenvalue weighted by Gasteiger charge is 2.11.